The number of benzene rings is 2. The van der Waals surface area contributed by atoms with E-state index in [1.807, 2.05) is 75.5 Å². The van der Waals surface area contributed by atoms with E-state index in [1.54, 1.807) is 10.9 Å². The van der Waals surface area contributed by atoms with Crippen molar-refractivity contribution in [2.24, 2.45) is 12.1 Å². The van der Waals surface area contributed by atoms with Crippen LogP contribution < -0.4 is 10.2 Å². The number of carbonyl (C=O) groups excluding carboxylic acids is 1. The first-order valence-electron chi connectivity index (χ1n) is 8.65. The van der Waals surface area contributed by atoms with E-state index >= 15 is 0 Å². The van der Waals surface area contributed by atoms with Crippen LogP contribution in [-0.2, 0) is 11.8 Å². The Morgan fingerprint density at radius 1 is 1.15 bits per heavy atom. The first kappa shape index (κ1) is 18.4. The van der Waals surface area contributed by atoms with Crippen molar-refractivity contribution in [1.29, 1.82) is 0 Å². The average Bonchev–Trinajstić information content (AvgIpc) is 2.93. The number of hydrazone groups is 1. The highest BCUT2D eigenvalue weighted by atomic mass is 16.5. The molecule has 1 N–H and O–H groups in total. The van der Waals surface area contributed by atoms with E-state index in [4.69, 9.17) is 4.74 Å². The lowest BCUT2D eigenvalue weighted by atomic mass is 10.1. The summed E-state index contributed by atoms with van der Waals surface area (Å²) in [6.45, 7) is 3.73. The molecule has 138 valence electrons. The van der Waals surface area contributed by atoms with Crippen molar-refractivity contribution in [3.63, 3.8) is 0 Å². The number of rotatable bonds is 6. The third-order valence-electron chi connectivity index (χ3n) is 4.28. The summed E-state index contributed by atoms with van der Waals surface area (Å²) in [7, 11) is 1.87. The summed E-state index contributed by atoms with van der Waals surface area (Å²) in [6.07, 6.45) is 1.60. The van der Waals surface area contributed by atoms with Gasteiger partial charge in [0, 0.05) is 23.9 Å². The molecule has 0 spiro atoms. The van der Waals surface area contributed by atoms with Crippen LogP contribution in [0.3, 0.4) is 0 Å². The van der Waals surface area contributed by atoms with Crippen molar-refractivity contribution in [1.82, 2.24) is 15.2 Å². The standard InChI is InChI=1S/C21H22N4O2/c1-15-19(16(2)25(3)24-15)13-22-23-21(26)14-27-20-12-8-7-11-18(20)17-9-5-4-6-10-17/h4-13H,14H2,1-3H3,(H,23,26)/b22-13-. The Balaban J connectivity index is 1.61. The molecule has 2 aromatic carbocycles. The normalized spacial score (nSPS) is 10.9. The minimum absolute atomic E-state index is 0.119. The predicted molar refractivity (Wildman–Crippen MR) is 106 cm³/mol. The molecule has 0 aliphatic rings. The summed E-state index contributed by atoms with van der Waals surface area (Å²) in [4.78, 5) is 12.1. The molecule has 6 nitrogen and oxygen atoms in total. The van der Waals surface area contributed by atoms with Gasteiger partial charge in [-0.25, -0.2) is 5.43 Å². The molecule has 0 unspecified atom stereocenters. The van der Waals surface area contributed by atoms with Crippen LogP contribution in [-0.4, -0.2) is 28.5 Å². The van der Waals surface area contributed by atoms with Gasteiger partial charge in [0.25, 0.3) is 5.91 Å². The lowest BCUT2D eigenvalue weighted by Gasteiger charge is -2.10. The summed E-state index contributed by atoms with van der Waals surface area (Å²) < 4.78 is 7.49. The number of carbonyl (C=O) groups is 1. The van der Waals surface area contributed by atoms with Crippen molar-refractivity contribution in [2.45, 2.75) is 13.8 Å². The number of hydrogen-bond donors (Lipinski definition) is 1. The summed E-state index contributed by atoms with van der Waals surface area (Å²) in [5.74, 6) is 0.329. The second kappa shape index (κ2) is 8.31. The Morgan fingerprint density at radius 3 is 2.56 bits per heavy atom. The van der Waals surface area contributed by atoms with Gasteiger partial charge in [-0.3, -0.25) is 9.48 Å². The van der Waals surface area contributed by atoms with Crippen LogP contribution in [0, 0.1) is 13.8 Å². The van der Waals surface area contributed by atoms with Gasteiger partial charge in [-0.15, -0.1) is 0 Å². The van der Waals surface area contributed by atoms with Gasteiger partial charge in [-0.1, -0.05) is 48.5 Å². The molecule has 0 fully saturated rings. The molecule has 0 bridgehead atoms. The number of hydrogen-bond acceptors (Lipinski definition) is 4. The number of nitrogens with zero attached hydrogens (tertiary/aromatic N) is 3. The molecule has 1 aromatic heterocycles. The number of amides is 1. The highest BCUT2D eigenvalue weighted by Gasteiger charge is 2.09. The molecule has 0 atom stereocenters. The van der Waals surface area contributed by atoms with Gasteiger partial charge in [0.15, 0.2) is 6.61 Å². The van der Waals surface area contributed by atoms with Crippen LogP contribution in [0.5, 0.6) is 5.75 Å². The molecular weight excluding hydrogens is 340 g/mol. The molecule has 0 saturated heterocycles. The third kappa shape index (κ3) is 4.41. The van der Waals surface area contributed by atoms with Gasteiger partial charge in [0.05, 0.1) is 11.9 Å². The van der Waals surface area contributed by atoms with Crippen molar-refractivity contribution in [3.8, 4) is 16.9 Å². The van der Waals surface area contributed by atoms with Gasteiger partial charge in [-0.2, -0.15) is 10.2 Å². The monoisotopic (exact) mass is 362 g/mol. The SMILES string of the molecule is Cc1nn(C)c(C)c1/C=N\NC(=O)COc1ccccc1-c1ccccc1. The van der Waals surface area contributed by atoms with Crippen LogP contribution in [0.1, 0.15) is 17.0 Å². The maximum Gasteiger partial charge on any atom is 0.277 e. The quantitative estimate of drug-likeness (QED) is 0.541. The third-order valence-corrected chi connectivity index (χ3v) is 4.28. The zero-order valence-electron chi connectivity index (χ0n) is 15.6. The summed E-state index contributed by atoms with van der Waals surface area (Å²) in [6, 6.07) is 17.5. The molecule has 0 aliphatic heterocycles. The van der Waals surface area contributed by atoms with E-state index in [0.717, 1.165) is 28.1 Å². The number of aryl methyl sites for hydroxylation is 2. The molecule has 0 aliphatic carbocycles. The minimum atomic E-state index is -0.326. The van der Waals surface area contributed by atoms with Gasteiger partial charge in [-0.05, 0) is 25.5 Å². The highest BCUT2D eigenvalue weighted by molar-refractivity contribution is 5.85. The molecule has 27 heavy (non-hydrogen) atoms. The zero-order chi connectivity index (χ0) is 19.2. The van der Waals surface area contributed by atoms with Crippen molar-refractivity contribution < 1.29 is 9.53 Å². The average molecular weight is 362 g/mol. The molecule has 6 heteroatoms. The van der Waals surface area contributed by atoms with Gasteiger partial charge in [0.2, 0.25) is 0 Å². The summed E-state index contributed by atoms with van der Waals surface area (Å²) in [5.41, 5.74) is 7.21. The summed E-state index contributed by atoms with van der Waals surface area (Å²) >= 11 is 0. The van der Waals surface area contributed by atoms with Gasteiger partial charge >= 0.3 is 0 Å². The predicted octanol–water partition coefficient (Wildman–Crippen LogP) is 3.23. The Hall–Kier alpha value is -3.41. The van der Waals surface area contributed by atoms with E-state index in [2.05, 4.69) is 15.6 Å². The molecule has 1 amide bonds. The number of nitrogens with one attached hydrogen (secondary N) is 1. The summed E-state index contributed by atoms with van der Waals surface area (Å²) in [5, 5.41) is 8.32. The highest BCUT2D eigenvalue weighted by Crippen LogP contribution is 2.29. The molecule has 1 heterocycles. The topological polar surface area (TPSA) is 68.5 Å². The smallest absolute Gasteiger partial charge is 0.277 e. The van der Waals surface area contributed by atoms with E-state index in [9.17, 15) is 4.79 Å². The Labute approximate surface area is 158 Å². The number of para-hydroxylation sites is 1. The maximum absolute atomic E-state index is 12.1. The van der Waals surface area contributed by atoms with Crippen molar-refractivity contribution >= 4 is 12.1 Å². The fourth-order valence-electron chi connectivity index (χ4n) is 2.77. The maximum atomic E-state index is 12.1. The Kier molecular flexibility index (Phi) is 5.66. The molecule has 3 aromatic rings. The van der Waals surface area contributed by atoms with E-state index < -0.39 is 0 Å². The minimum Gasteiger partial charge on any atom is -0.483 e. The number of ether oxygens (including phenoxy) is 1. The lowest BCUT2D eigenvalue weighted by Crippen LogP contribution is -2.24. The van der Waals surface area contributed by atoms with Crippen molar-refractivity contribution in [3.05, 3.63) is 71.5 Å². The zero-order valence-corrected chi connectivity index (χ0v) is 15.6. The molecular formula is C21H22N4O2. The first-order chi connectivity index (χ1) is 13.1. The second-order valence-electron chi connectivity index (χ2n) is 6.15. The fraction of sp³-hybridized carbons (Fsp3) is 0.190. The fourth-order valence-corrected chi connectivity index (χ4v) is 2.77. The number of aromatic nitrogens is 2. The Morgan fingerprint density at radius 2 is 1.85 bits per heavy atom. The van der Waals surface area contributed by atoms with Crippen LogP contribution in [0.15, 0.2) is 59.7 Å². The van der Waals surface area contributed by atoms with Crippen LogP contribution in [0.25, 0.3) is 11.1 Å². The molecule has 3 rings (SSSR count). The van der Waals surface area contributed by atoms with Crippen molar-refractivity contribution in [2.75, 3.05) is 6.61 Å². The van der Waals surface area contributed by atoms with Crippen LogP contribution in [0.4, 0.5) is 0 Å². The lowest BCUT2D eigenvalue weighted by molar-refractivity contribution is -0.123. The van der Waals surface area contributed by atoms with E-state index in [1.165, 1.54) is 0 Å². The van der Waals surface area contributed by atoms with Gasteiger partial charge in [0.1, 0.15) is 5.75 Å². The second-order valence-corrected chi connectivity index (χ2v) is 6.15. The van der Waals surface area contributed by atoms with Crippen LogP contribution >= 0.6 is 0 Å². The van der Waals surface area contributed by atoms with E-state index in [-0.39, 0.29) is 12.5 Å². The Bertz CT molecular complexity index is 962. The van der Waals surface area contributed by atoms with E-state index in [0.29, 0.717) is 5.75 Å². The molecule has 0 radical (unpaired) electrons. The first-order valence-corrected chi connectivity index (χ1v) is 8.65. The van der Waals surface area contributed by atoms with Gasteiger partial charge < -0.3 is 4.74 Å². The van der Waals surface area contributed by atoms with Crippen LogP contribution in [0.2, 0.25) is 0 Å². The molecule has 0 saturated carbocycles. The largest absolute Gasteiger partial charge is 0.483 e.